The van der Waals surface area contributed by atoms with Crippen LogP contribution in [0.1, 0.15) is 21.5 Å². The van der Waals surface area contributed by atoms with E-state index in [2.05, 4.69) is 4.74 Å². The van der Waals surface area contributed by atoms with Crippen molar-refractivity contribution in [3.8, 4) is 11.5 Å². The maximum atomic E-state index is 12.6. The first-order valence-electron chi connectivity index (χ1n) is 6.56. The number of anilines is 1. The molecule has 122 valence electrons. The molecule has 0 bridgehead atoms. The lowest BCUT2D eigenvalue weighted by atomic mass is 10.1. The Balaban J connectivity index is 2.31. The summed E-state index contributed by atoms with van der Waals surface area (Å²) < 4.78 is 48.1. The Hall–Kier alpha value is -2.70. The summed E-state index contributed by atoms with van der Waals surface area (Å²) >= 11 is 0. The second-order valence-corrected chi connectivity index (χ2v) is 4.82. The average molecular weight is 325 g/mol. The van der Waals surface area contributed by atoms with Crippen molar-refractivity contribution in [3.05, 3.63) is 53.1 Å². The summed E-state index contributed by atoms with van der Waals surface area (Å²) in [6, 6.07) is 7.50. The fourth-order valence-electron chi connectivity index (χ4n) is 1.95. The van der Waals surface area contributed by atoms with Gasteiger partial charge in [-0.2, -0.15) is 13.2 Å². The second kappa shape index (κ2) is 6.20. The number of carbonyl (C=O) groups is 1. The van der Waals surface area contributed by atoms with E-state index < -0.39 is 17.7 Å². The Morgan fingerprint density at radius 1 is 1.13 bits per heavy atom. The van der Waals surface area contributed by atoms with E-state index in [-0.39, 0.29) is 22.7 Å². The number of nitrogens with two attached hydrogens (primary N) is 1. The molecule has 0 aliphatic rings. The highest BCUT2D eigenvalue weighted by Crippen LogP contribution is 2.34. The van der Waals surface area contributed by atoms with Gasteiger partial charge in [-0.15, -0.1) is 0 Å². The topological polar surface area (TPSA) is 61.5 Å². The molecule has 2 N–H and O–H groups in total. The molecule has 0 radical (unpaired) electrons. The Morgan fingerprint density at radius 2 is 1.83 bits per heavy atom. The van der Waals surface area contributed by atoms with Gasteiger partial charge in [0.05, 0.1) is 18.2 Å². The molecule has 0 heterocycles. The predicted octanol–water partition coefficient (Wildman–Crippen LogP) is 4.17. The molecule has 0 aromatic heterocycles. The van der Waals surface area contributed by atoms with Crippen LogP contribution in [0.2, 0.25) is 0 Å². The van der Waals surface area contributed by atoms with Crippen LogP contribution in [-0.4, -0.2) is 13.1 Å². The number of aryl methyl sites for hydroxylation is 1. The van der Waals surface area contributed by atoms with Crippen molar-refractivity contribution in [1.82, 2.24) is 0 Å². The third-order valence-corrected chi connectivity index (χ3v) is 3.16. The molecule has 0 atom stereocenters. The first-order valence-corrected chi connectivity index (χ1v) is 6.56. The number of nitrogen functional groups attached to an aromatic ring is 1. The molecule has 0 unspecified atom stereocenters. The summed E-state index contributed by atoms with van der Waals surface area (Å²) in [4.78, 5) is 11.6. The minimum absolute atomic E-state index is 0.120. The van der Waals surface area contributed by atoms with Gasteiger partial charge in [-0.05, 0) is 48.9 Å². The molecule has 7 heteroatoms. The van der Waals surface area contributed by atoms with Crippen LogP contribution in [0.15, 0.2) is 36.4 Å². The Kier molecular flexibility index (Phi) is 4.49. The predicted molar refractivity (Wildman–Crippen MR) is 78.4 cm³/mol. The van der Waals surface area contributed by atoms with Gasteiger partial charge in [0.1, 0.15) is 11.5 Å². The lowest BCUT2D eigenvalue weighted by Crippen LogP contribution is -2.06. The van der Waals surface area contributed by atoms with Crippen molar-refractivity contribution in [2.45, 2.75) is 13.1 Å². The van der Waals surface area contributed by atoms with Gasteiger partial charge >= 0.3 is 12.1 Å². The van der Waals surface area contributed by atoms with Crippen LogP contribution in [0, 0.1) is 6.92 Å². The number of hydrogen-bond acceptors (Lipinski definition) is 4. The molecule has 0 spiro atoms. The van der Waals surface area contributed by atoms with Gasteiger partial charge in [0.15, 0.2) is 0 Å². The van der Waals surface area contributed by atoms with Crippen LogP contribution in [0.4, 0.5) is 18.9 Å². The first kappa shape index (κ1) is 16.7. The Morgan fingerprint density at radius 3 is 2.39 bits per heavy atom. The molecule has 0 amide bonds. The number of carbonyl (C=O) groups excluding carboxylic acids is 1. The molecule has 2 aromatic rings. The normalized spacial score (nSPS) is 11.2. The molecule has 0 aliphatic heterocycles. The number of alkyl halides is 3. The maximum absolute atomic E-state index is 12.6. The van der Waals surface area contributed by atoms with E-state index >= 15 is 0 Å². The zero-order valence-electron chi connectivity index (χ0n) is 12.4. The number of halogens is 3. The molecular weight excluding hydrogens is 311 g/mol. The van der Waals surface area contributed by atoms with Crippen molar-refractivity contribution in [1.29, 1.82) is 0 Å². The molecular formula is C16H14F3NO3. The lowest BCUT2D eigenvalue weighted by Gasteiger charge is -2.13. The quantitative estimate of drug-likeness (QED) is 0.679. The van der Waals surface area contributed by atoms with Gasteiger partial charge in [-0.3, -0.25) is 0 Å². The molecule has 2 rings (SSSR count). The van der Waals surface area contributed by atoms with E-state index in [4.69, 9.17) is 10.5 Å². The zero-order valence-corrected chi connectivity index (χ0v) is 12.4. The Labute approximate surface area is 130 Å². The summed E-state index contributed by atoms with van der Waals surface area (Å²) in [6.07, 6.45) is -4.41. The van der Waals surface area contributed by atoms with E-state index in [0.29, 0.717) is 5.56 Å². The van der Waals surface area contributed by atoms with Crippen molar-refractivity contribution in [2.75, 3.05) is 12.8 Å². The number of esters is 1. The number of methoxy groups -OCH3 is 1. The molecule has 0 saturated heterocycles. The van der Waals surface area contributed by atoms with Gasteiger partial charge < -0.3 is 15.2 Å². The summed E-state index contributed by atoms with van der Waals surface area (Å²) in [7, 11) is 1.22. The summed E-state index contributed by atoms with van der Waals surface area (Å²) in [5.41, 5.74) is 5.57. The minimum atomic E-state index is -4.41. The molecule has 0 fully saturated rings. The molecule has 0 saturated carbocycles. The third kappa shape index (κ3) is 3.74. The van der Waals surface area contributed by atoms with Crippen LogP contribution >= 0.6 is 0 Å². The number of benzene rings is 2. The maximum Gasteiger partial charge on any atom is 0.416 e. The van der Waals surface area contributed by atoms with Crippen molar-refractivity contribution in [2.24, 2.45) is 0 Å². The van der Waals surface area contributed by atoms with Gasteiger partial charge in [-0.25, -0.2) is 4.79 Å². The molecule has 0 aliphatic carbocycles. The van der Waals surface area contributed by atoms with Crippen LogP contribution in [-0.2, 0) is 10.9 Å². The van der Waals surface area contributed by atoms with Gasteiger partial charge in [0.2, 0.25) is 0 Å². The third-order valence-electron chi connectivity index (χ3n) is 3.16. The molecule has 23 heavy (non-hydrogen) atoms. The van der Waals surface area contributed by atoms with E-state index in [1.54, 1.807) is 0 Å². The highest BCUT2D eigenvalue weighted by atomic mass is 19.4. The fraction of sp³-hybridized carbons (Fsp3) is 0.188. The van der Waals surface area contributed by atoms with Gasteiger partial charge in [0, 0.05) is 5.69 Å². The second-order valence-electron chi connectivity index (χ2n) is 4.82. The monoisotopic (exact) mass is 325 g/mol. The largest absolute Gasteiger partial charge is 0.465 e. The smallest absolute Gasteiger partial charge is 0.416 e. The van der Waals surface area contributed by atoms with Crippen LogP contribution in [0.25, 0.3) is 0 Å². The standard InChI is InChI=1S/C16H14F3NO3/c1-9-7-10(16(17,18)19)3-6-14(9)23-11-4-5-13(20)12(8-11)15(21)22-2/h3-8H,20H2,1-2H3. The first-order chi connectivity index (χ1) is 10.7. The average Bonchev–Trinajstić information content (AvgIpc) is 2.49. The van der Waals surface area contributed by atoms with Crippen LogP contribution in [0.5, 0.6) is 11.5 Å². The summed E-state index contributed by atoms with van der Waals surface area (Å²) in [6.45, 7) is 1.50. The summed E-state index contributed by atoms with van der Waals surface area (Å²) in [5.74, 6) is -0.113. The summed E-state index contributed by atoms with van der Waals surface area (Å²) in [5, 5.41) is 0. The van der Waals surface area contributed by atoms with E-state index in [1.165, 1.54) is 38.3 Å². The van der Waals surface area contributed by atoms with Crippen LogP contribution < -0.4 is 10.5 Å². The van der Waals surface area contributed by atoms with E-state index in [1.807, 2.05) is 0 Å². The lowest BCUT2D eigenvalue weighted by molar-refractivity contribution is -0.137. The SMILES string of the molecule is COC(=O)c1cc(Oc2ccc(C(F)(F)F)cc2C)ccc1N. The van der Waals surface area contributed by atoms with Gasteiger partial charge in [0.25, 0.3) is 0 Å². The fourth-order valence-corrected chi connectivity index (χ4v) is 1.95. The van der Waals surface area contributed by atoms with E-state index in [0.717, 1.165) is 12.1 Å². The zero-order chi connectivity index (χ0) is 17.2. The highest BCUT2D eigenvalue weighted by molar-refractivity contribution is 5.95. The van der Waals surface area contributed by atoms with Crippen molar-refractivity contribution in [3.63, 3.8) is 0 Å². The minimum Gasteiger partial charge on any atom is -0.465 e. The van der Waals surface area contributed by atoms with Crippen molar-refractivity contribution >= 4 is 11.7 Å². The van der Waals surface area contributed by atoms with E-state index in [9.17, 15) is 18.0 Å². The van der Waals surface area contributed by atoms with Crippen LogP contribution in [0.3, 0.4) is 0 Å². The number of ether oxygens (including phenoxy) is 2. The Bertz CT molecular complexity index is 742. The van der Waals surface area contributed by atoms with Gasteiger partial charge in [-0.1, -0.05) is 0 Å². The highest BCUT2D eigenvalue weighted by Gasteiger charge is 2.30. The molecule has 4 nitrogen and oxygen atoms in total. The number of rotatable bonds is 3. The van der Waals surface area contributed by atoms with Crippen molar-refractivity contribution < 1.29 is 27.4 Å². The molecule has 2 aromatic carbocycles. The number of hydrogen-bond donors (Lipinski definition) is 1.